The van der Waals surface area contributed by atoms with Gasteiger partial charge in [-0.2, -0.15) is 22.7 Å². The average molecular weight is 643 g/mol. The maximum absolute atomic E-state index is 2.40. The van der Waals surface area contributed by atoms with Crippen molar-refractivity contribution in [3.8, 4) is 0 Å². The maximum atomic E-state index is 2.40. The molecule has 3 aromatic rings. The van der Waals surface area contributed by atoms with Crippen LogP contribution in [0.5, 0.6) is 0 Å². The number of benzene rings is 3. The largest absolute Gasteiger partial charge is 0.197 e. The van der Waals surface area contributed by atoms with Crippen LogP contribution < -0.4 is 16.4 Å². The lowest BCUT2D eigenvalue weighted by atomic mass is 9.12. The molecule has 0 unspecified atom stereocenters. The Bertz CT molecular complexity index is 1140. The molecule has 3 rings (SSSR count). The van der Waals surface area contributed by atoms with Gasteiger partial charge in [0, 0.05) is 7.26 Å². The van der Waals surface area contributed by atoms with E-state index in [1.165, 1.54) is 120 Å². The number of unbranched alkanes of at least 4 members (excludes halogenated alkanes) is 5. The number of hydrogen-bond donors (Lipinski definition) is 0. The third kappa shape index (κ3) is 10.3. The highest BCUT2D eigenvalue weighted by Crippen LogP contribution is 2.61. The highest BCUT2D eigenvalue weighted by molar-refractivity contribution is 7.75. The lowest BCUT2D eigenvalue weighted by molar-refractivity contribution is 0.814. The molecule has 0 fully saturated rings. The molecule has 0 amide bonds. The Morgan fingerprint density at radius 3 is 0.957 bits per heavy atom. The van der Waals surface area contributed by atoms with Gasteiger partial charge in [0.1, 0.15) is 0 Å². The van der Waals surface area contributed by atoms with E-state index >= 15 is 0 Å². The van der Waals surface area contributed by atoms with Gasteiger partial charge >= 0.3 is 0 Å². The van der Waals surface area contributed by atoms with E-state index in [9.17, 15) is 0 Å². The molecule has 0 bridgehead atoms. The monoisotopic (exact) mass is 643 g/mol. The molecule has 0 spiro atoms. The van der Waals surface area contributed by atoms with E-state index in [0.29, 0.717) is 0 Å². The van der Waals surface area contributed by atoms with Crippen LogP contribution in [0, 0.1) is 41.5 Å². The Kier molecular flexibility index (Phi) is 18.0. The molecule has 0 aliphatic rings. The van der Waals surface area contributed by atoms with Gasteiger partial charge in [-0.3, -0.25) is 0 Å². The lowest BCUT2D eigenvalue weighted by Gasteiger charge is -2.47. The van der Waals surface area contributed by atoms with Gasteiger partial charge in [-0.1, -0.05) is 161 Å². The second-order valence-corrected chi connectivity index (χ2v) is 19.2. The Morgan fingerprint density at radius 2 is 0.696 bits per heavy atom. The smallest absolute Gasteiger partial charge is 0.0825 e. The number of rotatable bonds is 18. The van der Waals surface area contributed by atoms with E-state index in [-0.39, 0.29) is 0 Å². The van der Waals surface area contributed by atoms with Gasteiger partial charge in [-0.05, 0) is 67.2 Å². The van der Waals surface area contributed by atoms with Crippen LogP contribution in [0.4, 0.5) is 0 Å². The van der Waals surface area contributed by atoms with Gasteiger partial charge in [-0.15, -0.1) is 0 Å². The summed E-state index contributed by atoms with van der Waals surface area (Å²) in [7, 11) is -0.562. The lowest BCUT2D eigenvalue weighted by Crippen LogP contribution is -2.69. The van der Waals surface area contributed by atoms with Crippen LogP contribution in [0.15, 0.2) is 54.6 Å². The minimum absolute atomic E-state index is 0.562. The molecule has 0 saturated carbocycles. The van der Waals surface area contributed by atoms with Crippen molar-refractivity contribution in [3.05, 3.63) is 88.0 Å². The highest BCUT2D eigenvalue weighted by atomic mass is 31.2. The fourth-order valence-electron chi connectivity index (χ4n) is 8.05. The predicted molar refractivity (Wildman–Crippen MR) is 218 cm³/mol. The molecule has 0 N–H and O–H groups in total. The molecule has 0 atom stereocenters. The molecule has 46 heavy (non-hydrogen) atoms. The van der Waals surface area contributed by atoms with Gasteiger partial charge in [0.05, 0.1) is 30.8 Å². The normalized spacial score (nSPS) is 11.8. The van der Waals surface area contributed by atoms with Crippen LogP contribution in [0.3, 0.4) is 0 Å². The Labute approximate surface area is 288 Å². The molecule has 0 aromatic heterocycles. The van der Waals surface area contributed by atoms with E-state index in [1.54, 1.807) is 24.6 Å². The summed E-state index contributed by atoms with van der Waals surface area (Å²) in [6.45, 7) is 25.5. The summed E-state index contributed by atoms with van der Waals surface area (Å²) in [6, 6.07) is 20.8. The highest BCUT2D eigenvalue weighted by Gasteiger charge is 2.35. The van der Waals surface area contributed by atoms with Crippen molar-refractivity contribution in [1.29, 1.82) is 0 Å². The van der Waals surface area contributed by atoms with E-state index < -0.39 is 13.4 Å². The van der Waals surface area contributed by atoms with Gasteiger partial charge in [0.25, 0.3) is 0 Å². The fraction of sp³-hybridized carbons (Fsp3) is 0.591. The van der Waals surface area contributed by atoms with Crippen molar-refractivity contribution in [2.75, 3.05) is 24.6 Å². The molecule has 3 aromatic carbocycles. The first-order chi connectivity index (χ1) is 22.1. The second-order valence-electron chi connectivity index (χ2n) is 14.7. The van der Waals surface area contributed by atoms with Gasteiger partial charge in [0.2, 0.25) is 0 Å². The van der Waals surface area contributed by atoms with Crippen molar-refractivity contribution in [1.82, 2.24) is 0 Å². The third-order valence-electron chi connectivity index (χ3n) is 11.5. The second kappa shape index (κ2) is 20.5. The SMILES string of the molecule is CCCC[B-](c1cccc(C)c1C)(c1cccc(C)c1C)c1cccc(C)c1C.CCCC[P+](CCCC)(CCCC)CCCC. The zero-order chi connectivity index (χ0) is 34.2. The third-order valence-corrected chi connectivity index (χ3v) is 16.5. The first-order valence-electron chi connectivity index (χ1n) is 19.3. The number of aryl methyl sites for hydroxylation is 3. The summed E-state index contributed by atoms with van der Waals surface area (Å²) < 4.78 is 0. The predicted octanol–water partition coefficient (Wildman–Crippen LogP) is 12.0. The summed E-state index contributed by atoms with van der Waals surface area (Å²) >= 11 is 0. The van der Waals surface area contributed by atoms with Gasteiger partial charge in [0.15, 0.2) is 0 Å². The summed E-state index contributed by atoms with van der Waals surface area (Å²) in [5, 5.41) is 0. The van der Waals surface area contributed by atoms with Crippen molar-refractivity contribution >= 4 is 29.8 Å². The molecule has 2 heteroatoms. The molecule has 0 aliphatic carbocycles. The Balaban J connectivity index is 0.000000372. The Morgan fingerprint density at radius 1 is 0.413 bits per heavy atom. The molecule has 0 saturated heterocycles. The quantitative estimate of drug-likeness (QED) is 0.0957. The number of hydrogen-bond acceptors (Lipinski definition) is 0. The summed E-state index contributed by atoms with van der Waals surface area (Å²) in [6.07, 6.45) is 20.5. The molecule has 0 heterocycles. The fourth-order valence-corrected chi connectivity index (χ4v) is 13.3. The zero-order valence-electron chi connectivity index (χ0n) is 32.3. The van der Waals surface area contributed by atoms with Crippen molar-refractivity contribution in [2.24, 2.45) is 0 Å². The summed E-state index contributed by atoms with van der Waals surface area (Å²) in [5.41, 5.74) is 13.1. The molecular formula is C44H72BP. The first-order valence-corrected chi connectivity index (χ1v) is 21.8. The van der Waals surface area contributed by atoms with Gasteiger partial charge in [-0.25, -0.2) is 0 Å². The van der Waals surface area contributed by atoms with Crippen molar-refractivity contribution in [2.45, 2.75) is 147 Å². The van der Waals surface area contributed by atoms with Crippen LogP contribution >= 0.6 is 7.26 Å². The average Bonchev–Trinajstić information content (AvgIpc) is 3.06. The van der Waals surface area contributed by atoms with Crippen molar-refractivity contribution in [3.63, 3.8) is 0 Å². The molecule has 0 radical (unpaired) electrons. The summed E-state index contributed by atoms with van der Waals surface area (Å²) in [4.78, 5) is 0. The summed E-state index contributed by atoms with van der Waals surface area (Å²) in [5.74, 6) is 0. The minimum atomic E-state index is -1.05. The maximum Gasteiger partial charge on any atom is 0.0825 e. The van der Waals surface area contributed by atoms with E-state index in [4.69, 9.17) is 0 Å². The van der Waals surface area contributed by atoms with E-state index in [1.807, 2.05) is 0 Å². The first kappa shape index (κ1) is 40.3. The van der Waals surface area contributed by atoms with Crippen LogP contribution in [0.2, 0.25) is 6.32 Å². The topological polar surface area (TPSA) is 0 Å². The standard InChI is InChI=1S/C28H36B.C16H36P/c1-8-9-19-29(26-16-10-13-20(2)23(26)5,27-17-11-14-21(3)24(27)6)28-18-12-15-22(4)25(28)7;1-5-9-13-17(14-10-6-2,15-11-7-3)16-12-8-4/h10-18H,8-9,19H2,1-7H3;5-16H2,1-4H3/q-1;+1. The van der Waals surface area contributed by atoms with Crippen LogP contribution in [0.25, 0.3) is 0 Å². The Hall–Kier alpha value is -1.85. The van der Waals surface area contributed by atoms with Crippen molar-refractivity contribution < 1.29 is 0 Å². The van der Waals surface area contributed by atoms with Crippen LogP contribution in [0.1, 0.15) is 132 Å². The van der Waals surface area contributed by atoms with Crippen LogP contribution in [-0.2, 0) is 0 Å². The van der Waals surface area contributed by atoms with Gasteiger partial charge < -0.3 is 0 Å². The van der Waals surface area contributed by atoms with Crippen LogP contribution in [-0.4, -0.2) is 30.8 Å². The molecule has 256 valence electrons. The minimum Gasteiger partial charge on any atom is -0.197 e. The molecule has 0 aliphatic heterocycles. The zero-order valence-corrected chi connectivity index (χ0v) is 33.2. The van der Waals surface area contributed by atoms with E-state index in [2.05, 4.69) is 131 Å². The molecule has 0 nitrogen and oxygen atoms in total. The van der Waals surface area contributed by atoms with E-state index in [0.717, 1.165) is 0 Å². The molecular weight excluding hydrogens is 570 g/mol.